The predicted octanol–water partition coefficient (Wildman–Crippen LogP) is 5.39. The number of amides is 2. The molecule has 0 saturated carbocycles. The number of carbonyl (C=O) groups is 4. The predicted molar refractivity (Wildman–Crippen MR) is 238 cm³/mol. The largest absolute Gasteiger partial charge is 0.513 e. The number of likely N-dealkylation sites (N-methyl/N-ethyl adjacent to an activating group) is 1. The summed E-state index contributed by atoms with van der Waals surface area (Å²) in [5, 5.41) is 15.6. The number of nitrogens with one attached hydrogen (secondary N) is 2. The minimum Gasteiger partial charge on any atom is -0.513 e. The Labute approximate surface area is 361 Å². The summed E-state index contributed by atoms with van der Waals surface area (Å²) in [4.78, 5) is 53.9. The molecule has 0 heterocycles. The Bertz CT molecular complexity index is 1410. The monoisotopic (exact) mass is 885 g/mol. The lowest BCUT2D eigenvalue weighted by Gasteiger charge is -2.40. The molecule has 2 amide bonds. The highest BCUT2D eigenvalue weighted by atomic mass is 32.2. The number of hydrogen-bond donors (Lipinski definition) is 6. The molecule has 17 heteroatoms. The Morgan fingerprint density at radius 3 is 1.93 bits per heavy atom. The number of nitrogens with zero attached hydrogens (tertiary/aromatic N) is 2. The molecule has 0 bridgehead atoms. The summed E-state index contributed by atoms with van der Waals surface area (Å²) >= 11 is 8.77. The number of rotatable bonds is 33. The lowest BCUT2D eigenvalue weighted by atomic mass is 9.64. The van der Waals surface area contributed by atoms with Crippen molar-refractivity contribution in [3.8, 4) is 0 Å². The van der Waals surface area contributed by atoms with Gasteiger partial charge in [0.15, 0.2) is 0 Å². The number of carbonyl (C=O) groups excluding carboxylic acids is 4. The molecule has 4 N–H and O–H groups in total. The van der Waals surface area contributed by atoms with Gasteiger partial charge in [-0.3, -0.25) is 23.7 Å². The van der Waals surface area contributed by atoms with Crippen LogP contribution in [0.5, 0.6) is 0 Å². The smallest absolute Gasteiger partial charge is 0.311 e. The number of thiol groups is 2. The van der Waals surface area contributed by atoms with E-state index in [0.29, 0.717) is 43.4 Å². The van der Waals surface area contributed by atoms with Crippen LogP contribution in [0.25, 0.3) is 0 Å². The minimum absolute atomic E-state index is 0.0186. The second-order valence-electron chi connectivity index (χ2n) is 18.4. The van der Waals surface area contributed by atoms with E-state index in [0.717, 1.165) is 61.9 Å². The van der Waals surface area contributed by atoms with Crippen molar-refractivity contribution < 1.29 is 55.7 Å². The van der Waals surface area contributed by atoms with Crippen LogP contribution in [0.15, 0.2) is 12.3 Å². The van der Waals surface area contributed by atoms with Gasteiger partial charge in [0, 0.05) is 49.3 Å². The van der Waals surface area contributed by atoms with E-state index in [1.807, 2.05) is 27.9 Å². The van der Waals surface area contributed by atoms with E-state index in [-0.39, 0.29) is 67.6 Å². The van der Waals surface area contributed by atoms with Gasteiger partial charge in [-0.05, 0) is 65.0 Å². The van der Waals surface area contributed by atoms with Gasteiger partial charge in [-0.15, -0.1) is 0 Å². The first-order valence-corrected chi connectivity index (χ1v) is 23.5. The third kappa shape index (κ3) is 24.9. The Morgan fingerprint density at radius 1 is 0.759 bits per heavy atom. The Morgan fingerprint density at radius 2 is 1.34 bits per heavy atom. The van der Waals surface area contributed by atoms with E-state index in [1.165, 1.54) is 0 Å². The van der Waals surface area contributed by atoms with E-state index in [1.54, 1.807) is 20.8 Å². The first-order valence-electron chi connectivity index (χ1n) is 20.8. The van der Waals surface area contributed by atoms with Crippen molar-refractivity contribution in [2.75, 3.05) is 92.2 Å². The van der Waals surface area contributed by atoms with Gasteiger partial charge in [-0.2, -0.15) is 33.7 Å². The highest BCUT2D eigenvalue weighted by Crippen LogP contribution is 2.45. The van der Waals surface area contributed by atoms with Crippen molar-refractivity contribution >= 4 is 59.1 Å². The lowest BCUT2D eigenvalue weighted by molar-refractivity contribution is -0.890. The lowest BCUT2D eigenvalue weighted by Crippen LogP contribution is -2.48. The first-order chi connectivity index (χ1) is 26.6. The second kappa shape index (κ2) is 26.3. The fraction of sp³-hybridized carbons (Fsp3) is 0.854. The number of unbranched alkanes of at least 4 members (excludes halogenated alkanes) is 1. The molecule has 58 heavy (non-hydrogen) atoms. The van der Waals surface area contributed by atoms with Crippen LogP contribution in [0.4, 0.5) is 0 Å². The van der Waals surface area contributed by atoms with Crippen molar-refractivity contribution in [2.45, 2.75) is 117 Å². The number of ether oxygens (including phenoxy) is 2. The van der Waals surface area contributed by atoms with Crippen LogP contribution in [-0.4, -0.2) is 148 Å². The molecule has 0 radical (unpaired) electrons. The normalized spacial score (nSPS) is 15.1. The SMILES string of the molecule is C=C(O)CCC[N+](C)(C)CCCNC(=O)C(C)(CC)CC(C)(CC(C)(C)C(=O)OCC[N+](C)(C)CCCS(=O)(=O)O)C(=O)OCCNC(=O)CCCCC(S)CCS. The van der Waals surface area contributed by atoms with Gasteiger partial charge in [0.2, 0.25) is 11.8 Å². The average molecular weight is 885 g/mol. The van der Waals surface area contributed by atoms with E-state index < -0.39 is 38.3 Å². The molecule has 0 aliphatic rings. The zero-order valence-electron chi connectivity index (χ0n) is 37.2. The quantitative estimate of drug-likeness (QED) is 0.0125. The summed E-state index contributed by atoms with van der Waals surface area (Å²) in [6.07, 6.45) is 6.61. The third-order valence-corrected chi connectivity index (χ3v) is 12.4. The molecule has 0 aromatic heterocycles. The molecule has 0 aliphatic heterocycles. The fourth-order valence-corrected chi connectivity index (χ4v) is 8.47. The van der Waals surface area contributed by atoms with Crippen molar-refractivity contribution in [2.24, 2.45) is 16.2 Å². The Kier molecular flexibility index (Phi) is 25.4. The van der Waals surface area contributed by atoms with Crippen LogP contribution in [0, 0.1) is 16.2 Å². The van der Waals surface area contributed by atoms with E-state index in [9.17, 15) is 32.7 Å². The number of aliphatic hydroxyl groups is 1. The van der Waals surface area contributed by atoms with Crippen molar-refractivity contribution in [3.05, 3.63) is 12.3 Å². The van der Waals surface area contributed by atoms with Crippen LogP contribution >= 0.6 is 25.3 Å². The van der Waals surface area contributed by atoms with Crippen LogP contribution < -0.4 is 10.6 Å². The Balaban J connectivity index is 5.79. The van der Waals surface area contributed by atoms with Crippen LogP contribution in [0.3, 0.4) is 0 Å². The molecule has 340 valence electrons. The van der Waals surface area contributed by atoms with Crippen LogP contribution in [0.2, 0.25) is 0 Å². The summed E-state index contributed by atoms with van der Waals surface area (Å²) in [5.74, 6) is -0.864. The topological polar surface area (TPSA) is 185 Å². The molecular weight excluding hydrogens is 805 g/mol. The van der Waals surface area contributed by atoms with Gasteiger partial charge in [0.25, 0.3) is 10.1 Å². The summed E-state index contributed by atoms with van der Waals surface area (Å²) in [6.45, 7) is 15.4. The molecule has 0 aliphatic carbocycles. The summed E-state index contributed by atoms with van der Waals surface area (Å²) in [6, 6.07) is 0. The zero-order valence-corrected chi connectivity index (χ0v) is 39.8. The maximum atomic E-state index is 14.1. The van der Waals surface area contributed by atoms with Gasteiger partial charge < -0.3 is 34.2 Å². The molecule has 0 rings (SSSR count). The molecule has 14 nitrogen and oxygen atoms in total. The summed E-state index contributed by atoms with van der Waals surface area (Å²) in [7, 11) is 3.88. The number of quaternary nitrogens is 2. The molecule has 3 atom stereocenters. The van der Waals surface area contributed by atoms with E-state index in [4.69, 9.17) is 14.0 Å². The molecule has 0 aromatic rings. The maximum Gasteiger partial charge on any atom is 0.311 e. The first kappa shape index (κ1) is 55.9. The zero-order chi connectivity index (χ0) is 44.8. The highest BCUT2D eigenvalue weighted by molar-refractivity contribution is 7.85. The number of aliphatic hydroxyl groups excluding tert-OH is 1. The van der Waals surface area contributed by atoms with Crippen molar-refractivity contribution in [1.29, 1.82) is 0 Å². The molecular formula is C41H80N4O10S3+2. The molecule has 0 aromatic carbocycles. The highest BCUT2D eigenvalue weighted by Gasteiger charge is 2.49. The standard InChI is InChI=1S/C41H78N4O10S3/c1-11-40(5,36(48)43-21-15-24-44(7,8)23-14-17-33(2)46)32-41(6,38(50)54-27-22-42-35(47)19-13-12-18-34(57)20-29-56)31-39(3,4)37(49)55-28-26-45(9,10)25-16-30-58(51,52)53/h34H,2,11-32H2,1,3-10H3,(H4-2,42,43,46,47,48,51,52,53,56,57)/p+2. The fourth-order valence-electron chi connectivity index (χ4n) is 7.15. The van der Waals surface area contributed by atoms with Crippen molar-refractivity contribution in [3.63, 3.8) is 0 Å². The van der Waals surface area contributed by atoms with Crippen molar-refractivity contribution in [1.82, 2.24) is 10.6 Å². The number of hydrogen-bond acceptors (Lipinski definition) is 11. The van der Waals surface area contributed by atoms with Gasteiger partial charge >= 0.3 is 11.9 Å². The Hall–Kier alpha value is -2.05. The molecule has 0 spiro atoms. The van der Waals surface area contributed by atoms with Crippen LogP contribution in [0.1, 0.15) is 112 Å². The van der Waals surface area contributed by atoms with Crippen LogP contribution in [-0.2, 0) is 38.8 Å². The summed E-state index contributed by atoms with van der Waals surface area (Å²) < 4.78 is 43.9. The van der Waals surface area contributed by atoms with Gasteiger partial charge in [0.05, 0.1) is 76.7 Å². The van der Waals surface area contributed by atoms with Gasteiger partial charge in [0.1, 0.15) is 19.8 Å². The average Bonchev–Trinajstić information content (AvgIpc) is 3.08. The summed E-state index contributed by atoms with van der Waals surface area (Å²) in [5.41, 5.74) is -3.46. The second-order valence-corrected chi connectivity index (χ2v) is 21.2. The van der Waals surface area contributed by atoms with Gasteiger partial charge in [-0.1, -0.05) is 26.8 Å². The molecule has 3 unspecified atom stereocenters. The van der Waals surface area contributed by atoms with E-state index in [2.05, 4.69) is 56.6 Å². The number of esters is 2. The molecule has 0 fully saturated rings. The van der Waals surface area contributed by atoms with Gasteiger partial charge in [-0.25, -0.2) is 0 Å². The minimum atomic E-state index is -4.07. The number of allylic oxidation sites excluding steroid dienone is 1. The third-order valence-electron chi connectivity index (χ3n) is 10.8. The molecule has 0 saturated heterocycles. The van der Waals surface area contributed by atoms with E-state index >= 15 is 0 Å². The maximum absolute atomic E-state index is 14.1.